The molecule has 1 aromatic carbocycles. The Kier molecular flexibility index (Phi) is 5.74. The van der Waals surface area contributed by atoms with E-state index in [1.807, 2.05) is 34.6 Å². The van der Waals surface area contributed by atoms with Crippen LogP contribution in [0.25, 0.3) is 6.08 Å². The molecule has 0 N–H and O–H groups in total. The van der Waals surface area contributed by atoms with Gasteiger partial charge in [0.05, 0.1) is 16.8 Å². The Morgan fingerprint density at radius 1 is 1.08 bits per heavy atom. The summed E-state index contributed by atoms with van der Waals surface area (Å²) < 4.78 is 51.9. The smallest absolute Gasteiger partial charge is 0.400 e. The summed E-state index contributed by atoms with van der Waals surface area (Å²) >= 11 is 0. The molecular weight excluding hydrogens is 328 g/mol. The quantitative estimate of drug-likeness (QED) is 0.612. The second-order valence-electron chi connectivity index (χ2n) is 7.50. The number of halogens is 3. The molecule has 1 aliphatic rings. The Labute approximate surface area is 148 Å². The predicted molar refractivity (Wildman–Crippen MR) is 95.0 cm³/mol. The Morgan fingerprint density at radius 2 is 1.64 bits per heavy atom. The van der Waals surface area contributed by atoms with Crippen molar-refractivity contribution in [2.75, 3.05) is 0 Å². The summed E-state index contributed by atoms with van der Waals surface area (Å²) in [6.07, 6.45) is -0.360. The van der Waals surface area contributed by atoms with Crippen molar-refractivity contribution in [3.63, 3.8) is 0 Å². The number of alkyl halides is 3. The van der Waals surface area contributed by atoms with E-state index in [-0.39, 0.29) is 5.56 Å². The van der Waals surface area contributed by atoms with Gasteiger partial charge in [0.15, 0.2) is 0 Å². The molecule has 6 heteroatoms. The summed E-state index contributed by atoms with van der Waals surface area (Å²) in [6, 6.07) is 5.61. The van der Waals surface area contributed by atoms with Crippen molar-refractivity contribution in [1.82, 2.24) is 0 Å². The first-order valence-corrected chi connectivity index (χ1v) is 8.70. The summed E-state index contributed by atoms with van der Waals surface area (Å²) in [6.45, 7) is 9.80. The Bertz CT molecular complexity index is 620. The van der Waals surface area contributed by atoms with Gasteiger partial charge in [-0.1, -0.05) is 44.0 Å². The minimum atomic E-state index is -4.39. The largest absolute Gasteiger partial charge is 0.490 e. The topological polar surface area (TPSA) is 18.5 Å². The van der Waals surface area contributed by atoms with E-state index in [0.717, 1.165) is 24.4 Å². The van der Waals surface area contributed by atoms with E-state index in [1.54, 1.807) is 12.1 Å². The fraction of sp³-hybridized carbons (Fsp3) is 0.579. The van der Waals surface area contributed by atoms with Crippen molar-refractivity contribution in [1.29, 1.82) is 0 Å². The molecule has 0 saturated carbocycles. The normalized spacial score (nSPS) is 20.2. The van der Waals surface area contributed by atoms with E-state index in [4.69, 9.17) is 9.31 Å². The molecule has 1 aromatic rings. The standard InChI is InChI=1S/C19H26BF3O2/c1-6-7-11-15(20-24-17(2,3)18(4,5)25-20)13-14-10-8-9-12-16(14)19(21,22)23/h8-10,12-13H,6-7,11H2,1-5H3. The molecular formula is C19H26BF3O2. The summed E-state index contributed by atoms with van der Waals surface area (Å²) in [5.41, 5.74) is -0.785. The fourth-order valence-electron chi connectivity index (χ4n) is 2.71. The lowest BCUT2D eigenvalue weighted by Crippen LogP contribution is -2.41. The minimum Gasteiger partial charge on any atom is -0.400 e. The molecule has 0 aromatic heterocycles. The SMILES string of the molecule is CCCCC(=Cc1ccccc1C(F)(F)F)B1OC(C)(C)C(C)(C)O1. The third-order valence-corrected chi connectivity index (χ3v) is 4.98. The molecule has 0 amide bonds. The summed E-state index contributed by atoms with van der Waals surface area (Å²) in [4.78, 5) is 0. The number of hydrogen-bond donors (Lipinski definition) is 0. The molecule has 2 nitrogen and oxygen atoms in total. The van der Waals surface area contributed by atoms with Gasteiger partial charge >= 0.3 is 13.3 Å². The number of rotatable bonds is 5. The van der Waals surface area contributed by atoms with E-state index < -0.39 is 30.1 Å². The third kappa shape index (κ3) is 4.48. The van der Waals surface area contributed by atoms with Gasteiger partial charge in [-0.25, -0.2) is 0 Å². The summed E-state index contributed by atoms with van der Waals surface area (Å²) in [5, 5.41) is 0. The monoisotopic (exact) mass is 354 g/mol. The molecule has 0 bridgehead atoms. The van der Waals surface area contributed by atoms with Gasteiger partial charge < -0.3 is 9.31 Å². The van der Waals surface area contributed by atoms with E-state index in [1.165, 1.54) is 12.1 Å². The molecule has 0 unspecified atom stereocenters. The van der Waals surface area contributed by atoms with Crippen molar-refractivity contribution in [2.45, 2.75) is 71.3 Å². The van der Waals surface area contributed by atoms with Crippen LogP contribution < -0.4 is 0 Å². The Hall–Kier alpha value is -1.27. The number of allylic oxidation sites excluding steroid dienone is 1. The molecule has 1 heterocycles. The van der Waals surface area contributed by atoms with Gasteiger partial charge in [-0.2, -0.15) is 13.2 Å². The highest BCUT2D eigenvalue weighted by atomic mass is 19.4. The van der Waals surface area contributed by atoms with Crippen molar-refractivity contribution < 1.29 is 22.5 Å². The van der Waals surface area contributed by atoms with E-state index in [2.05, 4.69) is 0 Å². The highest BCUT2D eigenvalue weighted by molar-refractivity contribution is 6.55. The van der Waals surface area contributed by atoms with E-state index >= 15 is 0 Å². The van der Waals surface area contributed by atoms with Gasteiger partial charge in [0, 0.05) is 0 Å². The zero-order chi connectivity index (χ0) is 18.9. The second kappa shape index (κ2) is 7.16. The highest BCUT2D eigenvalue weighted by Crippen LogP contribution is 2.40. The lowest BCUT2D eigenvalue weighted by atomic mass is 9.74. The van der Waals surface area contributed by atoms with Gasteiger partial charge in [0.1, 0.15) is 0 Å². The maximum absolute atomic E-state index is 13.3. The predicted octanol–water partition coefficient (Wildman–Crippen LogP) is 5.91. The number of unbranched alkanes of at least 4 members (excludes halogenated alkanes) is 1. The minimum absolute atomic E-state index is 0.149. The first-order chi connectivity index (χ1) is 11.5. The van der Waals surface area contributed by atoms with Crippen molar-refractivity contribution in [2.24, 2.45) is 0 Å². The van der Waals surface area contributed by atoms with E-state index in [0.29, 0.717) is 6.42 Å². The molecule has 0 radical (unpaired) electrons. The van der Waals surface area contributed by atoms with Gasteiger partial charge in [0.25, 0.3) is 0 Å². The maximum Gasteiger partial charge on any atom is 0.490 e. The van der Waals surface area contributed by atoms with Crippen LogP contribution in [0.15, 0.2) is 29.7 Å². The molecule has 25 heavy (non-hydrogen) atoms. The molecule has 1 saturated heterocycles. The molecule has 1 aliphatic heterocycles. The van der Waals surface area contributed by atoms with Crippen LogP contribution in [0.1, 0.15) is 65.0 Å². The molecule has 2 rings (SSSR count). The van der Waals surface area contributed by atoms with Gasteiger partial charge in [-0.3, -0.25) is 0 Å². The van der Waals surface area contributed by atoms with Crippen LogP contribution in [0.2, 0.25) is 0 Å². The lowest BCUT2D eigenvalue weighted by Gasteiger charge is -2.32. The van der Waals surface area contributed by atoms with Crippen molar-refractivity contribution >= 4 is 13.2 Å². The zero-order valence-corrected chi connectivity index (χ0v) is 15.5. The molecule has 0 atom stereocenters. The van der Waals surface area contributed by atoms with Crippen LogP contribution in [0.5, 0.6) is 0 Å². The number of hydrogen-bond acceptors (Lipinski definition) is 2. The van der Waals surface area contributed by atoms with Crippen LogP contribution in [-0.4, -0.2) is 18.3 Å². The Morgan fingerprint density at radius 3 is 2.16 bits per heavy atom. The van der Waals surface area contributed by atoms with Crippen LogP contribution >= 0.6 is 0 Å². The van der Waals surface area contributed by atoms with Crippen LogP contribution in [0, 0.1) is 0 Å². The maximum atomic E-state index is 13.3. The second-order valence-corrected chi connectivity index (χ2v) is 7.50. The van der Waals surface area contributed by atoms with E-state index in [9.17, 15) is 13.2 Å². The van der Waals surface area contributed by atoms with Crippen LogP contribution in [-0.2, 0) is 15.5 Å². The van der Waals surface area contributed by atoms with Crippen molar-refractivity contribution in [3.05, 3.63) is 40.9 Å². The summed E-state index contributed by atoms with van der Waals surface area (Å²) in [5.74, 6) is 0. The van der Waals surface area contributed by atoms with Gasteiger partial charge in [0.2, 0.25) is 0 Å². The fourth-order valence-corrected chi connectivity index (χ4v) is 2.71. The first kappa shape index (κ1) is 20.1. The van der Waals surface area contributed by atoms with Crippen LogP contribution in [0.3, 0.4) is 0 Å². The van der Waals surface area contributed by atoms with Crippen molar-refractivity contribution in [3.8, 4) is 0 Å². The average Bonchev–Trinajstić information content (AvgIpc) is 2.71. The number of benzene rings is 1. The average molecular weight is 354 g/mol. The molecule has 0 aliphatic carbocycles. The zero-order valence-electron chi connectivity index (χ0n) is 15.5. The molecule has 138 valence electrons. The first-order valence-electron chi connectivity index (χ1n) is 8.70. The lowest BCUT2D eigenvalue weighted by molar-refractivity contribution is -0.137. The van der Waals surface area contributed by atoms with Crippen LogP contribution in [0.4, 0.5) is 13.2 Å². The highest BCUT2D eigenvalue weighted by Gasteiger charge is 2.52. The molecule has 0 spiro atoms. The Balaban J connectivity index is 2.41. The van der Waals surface area contributed by atoms with Gasteiger partial charge in [-0.15, -0.1) is 0 Å². The van der Waals surface area contributed by atoms with Gasteiger partial charge in [-0.05, 0) is 51.2 Å². The third-order valence-electron chi connectivity index (χ3n) is 4.98. The summed E-state index contributed by atoms with van der Waals surface area (Å²) in [7, 11) is -0.627. The molecule has 1 fully saturated rings.